The zero-order valence-electron chi connectivity index (χ0n) is 13.4. The highest BCUT2D eigenvalue weighted by Gasteiger charge is 2.40. The molecule has 2 atom stereocenters. The third-order valence-electron chi connectivity index (χ3n) is 4.13. The van der Waals surface area contributed by atoms with E-state index < -0.39 is 0 Å². The molecule has 2 rings (SSSR count). The standard InChI is InChI=1S/C16H28N2OS/c1-11(2)14-10-20-15(17-14)16(18-12(3)4)8-6-7-13(9-16)19-5/h10-13,18H,6-9H2,1-5H3. The smallest absolute Gasteiger partial charge is 0.113 e. The van der Waals surface area contributed by atoms with Crippen molar-refractivity contribution < 1.29 is 4.74 Å². The van der Waals surface area contributed by atoms with Gasteiger partial charge in [0, 0.05) is 18.5 Å². The van der Waals surface area contributed by atoms with Crippen LogP contribution in [0.2, 0.25) is 0 Å². The molecule has 20 heavy (non-hydrogen) atoms. The summed E-state index contributed by atoms with van der Waals surface area (Å²) >= 11 is 1.81. The van der Waals surface area contributed by atoms with Gasteiger partial charge in [0.2, 0.25) is 0 Å². The third kappa shape index (κ3) is 3.41. The summed E-state index contributed by atoms with van der Waals surface area (Å²) in [6.07, 6.45) is 4.92. The number of methoxy groups -OCH3 is 1. The highest BCUT2D eigenvalue weighted by atomic mass is 32.1. The molecule has 0 amide bonds. The quantitative estimate of drug-likeness (QED) is 0.890. The predicted octanol–water partition coefficient (Wildman–Crippen LogP) is 4.05. The van der Waals surface area contributed by atoms with E-state index >= 15 is 0 Å². The molecule has 1 aromatic rings. The number of nitrogens with one attached hydrogen (secondary N) is 1. The van der Waals surface area contributed by atoms with E-state index in [0.29, 0.717) is 18.1 Å². The molecule has 1 aliphatic rings. The van der Waals surface area contributed by atoms with Crippen molar-refractivity contribution in [1.82, 2.24) is 10.3 Å². The van der Waals surface area contributed by atoms with Gasteiger partial charge in [0.15, 0.2) is 0 Å². The number of ether oxygens (including phenoxy) is 1. The predicted molar refractivity (Wildman–Crippen MR) is 85.4 cm³/mol. The minimum absolute atomic E-state index is 0.00486. The summed E-state index contributed by atoms with van der Waals surface area (Å²) in [5, 5.41) is 7.27. The van der Waals surface area contributed by atoms with Crippen LogP contribution in [0.3, 0.4) is 0 Å². The number of hydrogen-bond acceptors (Lipinski definition) is 4. The summed E-state index contributed by atoms with van der Waals surface area (Å²) in [6, 6.07) is 0.456. The van der Waals surface area contributed by atoms with Crippen LogP contribution in [-0.4, -0.2) is 24.2 Å². The van der Waals surface area contributed by atoms with Crippen molar-refractivity contribution in [2.24, 2.45) is 0 Å². The first-order valence-electron chi connectivity index (χ1n) is 7.73. The van der Waals surface area contributed by atoms with E-state index in [4.69, 9.17) is 9.72 Å². The lowest BCUT2D eigenvalue weighted by Crippen LogP contribution is -2.50. The Kier molecular flexibility index (Phi) is 5.21. The largest absolute Gasteiger partial charge is 0.381 e. The zero-order chi connectivity index (χ0) is 14.8. The second-order valence-electron chi connectivity index (χ2n) is 6.57. The minimum atomic E-state index is 0.00486. The second kappa shape index (κ2) is 6.54. The number of hydrogen-bond donors (Lipinski definition) is 1. The number of nitrogens with zero attached hydrogens (tertiary/aromatic N) is 1. The van der Waals surface area contributed by atoms with Gasteiger partial charge in [0.25, 0.3) is 0 Å². The van der Waals surface area contributed by atoms with Crippen LogP contribution in [0.25, 0.3) is 0 Å². The van der Waals surface area contributed by atoms with E-state index in [1.165, 1.54) is 23.5 Å². The van der Waals surface area contributed by atoms with Gasteiger partial charge in [-0.05, 0) is 45.4 Å². The van der Waals surface area contributed by atoms with Crippen LogP contribution in [0.4, 0.5) is 0 Å². The Morgan fingerprint density at radius 3 is 2.70 bits per heavy atom. The Bertz CT molecular complexity index is 430. The summed E-state index contributed by atoms with van der Waals surface area (Å²) < 4.78 is 5.64. The molecule has 1 fully saturated rings. The fraction of sp³-hybridized carbons (Fsp3) is 0.812. The lowest BCUT2D eigenvalue weighted by atomic mass is 9.80. The van der Waals surface area contributed by atoms with Crippen molar-refractivity contribution in [1.29, 1.82) is 0 Å². The molecule has 4 heteroatoms. The topological polar surface area (TPSA) is 34.1 Å². The highest BCUT2D eigenvalue weighted by Crippen LogP contribution is 2.40. The molecule has 1 aliphatic carbocycles. The lowest BCUT2D eigenvalue weighted by Gasteiger charge is -2.41. The van der Waals surface area contributed by atoms with Crippen LogP contribution in [0.15, 0.2) is 5.38 Å². The van der Waals surface area contributed by atoms with Gasteiger partial charge in [-0.3, -0.25) is 0 Å². The van der Waals surface area contributed by atoms with Crippen molar-refractivity contribution in [3.8, 4) is 0 Å². The van der Waals surface area contributed by atoms with Crippen molar-refractivity contribution in [3.63, 3.8) is 0 Å². The summed E-state index contributed by atoms with van der Waals surface area (Å²) in [5.41, 5.74) is 1.22. The van der Waals surface area contributed by atoms with Crippen molar-refractivity contribution in [2.75, 3.05) is 7.11 Å². The fourth-order valence-corrected chi connectivity index (χ4v) is 4.32. The average molecular weight is 296 g/mol. The SMILES string of the molecule is COC1CCCC(NC(C)C)(c2nc(C(C)C)cs2)C1. The molecular formula is C16H28N2OS. The van der Waals surface area contributed by atoms with E-state index in [-0.39, 0.29) is 5.54 Å². The first-order valence-corrected chi connectivity index (χ1v) is 8.61. The maximum absolute atomic E-state index is 5.64. The van der Waals surface area contributed by atoms with Gasteiger partial charge in [-0.15, -0.1) is 11.3 Å². The molecule has 0 spiro atoms. The zero-order valence-corrected chi connectivity index (χ0v) is 14.2. The van der Waals surface area contributed by atoms with Gasteiger partial charge in [-0.2, -0.15) is 0 Å². The molecule has 1 aromatic heterocycles. The van der Waals surface area contributed by atoms with Crippen molar-refractivity contribution in [2.45, 2.75) is 77.0 Å². The van der Waals surface area contributed by atoms with Crippen LogP contribution in [0.5, 0.6) is 0 Å². The normalized spacial score (nSPS) is 27.4. The van der Waals surface area contributed by atoms with Crippen LogP contribution in [-0.2, 0) is 10.3 Å². The molecule has 114 valence electrons. The molecule has 3 nitrogen and oxygen atoms in total. The van der Waals surface area contributed by atoms with E-state index in [1.54, 1.807) is 0 Å². The van der Waals surface area contributed by atoms with Gasteiger partial charge in [0.1, 0.15) is 5.01 Å². The summed E-state index contributed by atoms with van der Waals surface area (Å²) in [7, 11) is 1.83. The van der Waals surface area contributed by atoms with Crippen LogP contribution in [0, 0.1) is 0 Å². The molecule has 1 saturated carbocycles. The van der Waals surface area contributed by atoms with Gasteiger partial charge >= 0.3 is 0 Å². The Labute approximate surface area is 127 Å². The Hall–Kier alpha value is -0.450. The number of rotatable bonds is 5. The maximum atomic E-state index is 5.64. The van der Waals surface area contributed by atoms with Crippen LogP contribution < -0.4 is 5.32 Å². The third-order valence-corrected chi connectivity index (χ3v) is 5.19. The van der Waals surface area contributed by atoms with Gasteiger partial charge in [-0.25, -0.2) is 4.98 Å². The monoisotopic (exact) mass is 296 g/mol. The van der Waals surface area contributed by atoms with Gasteiger partial charge in [-0.1, -0.05) is 13.8 Å². The van der Waals surface area contributed by atoms with Crippen LogP contribution >= 0.6 is 11.3 Å². The molecular weight excluding hydrogens is 268 g/mol. The lowest BCUT2D eigenvalue weighted by molar-refractivity contribution is 0.0264. The molecule has 2 unspecified atom stereocenters. The summed E-state index contributed by atoms with van der Waals surface area (Å²) in [5.74, 6) is 0.498. The number of thiazole rings is 1. The summed E-state index contributed by atoms with van der Waals surface area (Å²) in [6.45, 7) is 8.85. The fourth-order valence-electron chi connectivity index (χ4n) is 3.14. The first kappa shape index (κ1) is 15.9. The van der Waals surface area contributed by atoms with E-state index in [0.717, 1.165) is 12.8 Å². The molecule has 0 aromatic carbocycles. The van der Waals surface area contributed by atoms with Crippen molar-refractivity contribution >= 4 is 11.3 Å². The first-order chi connectivity index (χ1) is 9.47. The Balaban J connectivity index is 2.30. The summed E-state index contributed by atoms with van der Waals surface area (Å²) in [4.78, 5) is 4.93. The molecule has 0 bridgehead atoms. The van der Waals surface area contributed by atoms with E-state index in [9.17, 15) is 0 Å². The van der Waals surface area contributed by atoms with Crippen molar-refractivity contribution in [3.05, 3.63) is 16.1 Å². The molecule has 1 N–H and O–H groups in total. The minimum Gasteiger partial charge on any atom is -0.381 e. The molecule has 0 aliphatic heterocycles. The molecule has 1 heterocycles. The Morgan fingerprint density at radius 1 is 1.40 bits per heavy atom. The average Bonchev–Trinajstić information content (AvgIpc) is 2.88. The van der Waals surface area contributed by atoms with Gasteiger partial charge < -0.3 is 10.1 Å². The molecule has 0 radical (unpaired) electrons. The van der Waals surface area contributed by atoms with Gasteiger partial charge in [0.05, 0.1) is 17.3 Å². The van der Waals surface area contributed by atoms with Crippen LogP contribution in [0.1, 0.15) is 70.0 Å². The molecule has 0 saturated heterocycles. The number of aromatic nitrogens is 1. The maximum Gasteiger partial charge on any atom is 0.113 e. The second-order valence-corrected chi connectivity index (χ2v) is 7.43. The highest BCUT2D eigenvalue weighted by molar-refractivity contribution is 7.09. The van der Waals surface area contributed by atoms with E-state index in [2.05, 4.69) is 38.4 Å². The Morgan fingerprint density at radius 2 is 2.15 bits per heavy atom. The van der Waals surface area contributed by atoms with E-state index in [1.807, 2.05) is 18.4 Å².